The topological polar surface area (TPSA) is 95.8 Å². The molecule has 132 valence electrons. The van der Waals surface area contributed by atoms with Crippen molar-refractivity contribution in [3.63, 3.8) is 0 Å². The molecule has 2 aromatic heterocycles. The van der Waals surface area contributed by atoms with Crippen molar-refractivity contribution in [1.29, 1.82) is 0 Å². The molecule has 1 aliphatic heterocycles. The van der Waals surface area contributed by atoms with Gasteiger partial charge in [-0.3, -0.25) is 10.00 Å². The van der Waals surface area contributed by atoms with Crippen molar-refractivity contribution >= 4 is 12.4 Å². The molecule has 1 fully saturated rings. The van der Waals surface area contributed by atoms with Gasteiger partial charge in [-0.1, -0.05) is 17.3 Å². The van der Waals surface area contributed by atoms with E-state index in [1.54, 1.807) is 0 Å². The summed E-state index contributed by atoms with van der Waals surface area (Å²) in [6.07, 6.45) is 0. The number of benzene rings is 1. The molecule has 9 heteroatoms. The van der Waals surface area contributed by atoms with E-state index in [1.165, 1.54) is 0 Å². The number of halogens is 1. The number of hydrogen-bond donors (Lipinski definition) is 2. The van der Waals surface area contributed by atoms with Crippen LogP contribution in [0.5, 0.6) is 0 Å². The van der Waals surface area contributed by atoms with Crippen molar-refractivity contribution < 1.29 is 4.52 Å². The lowest BCUT2D eigenvalue weighted by atomic mass is 10.1. The molecule has 0 saturated carbocycles. The molecule has 1 saturated heterocycles. The van der Waals surface area contributed by atoms with Gasteiger partial charge in [0.2, 0.25) is 0 Å². The smallest absolute Gasteiger partial charge is 0.258 e. The summed E-state index contributed by atoms with van der Waals surface area (Å²) in [6.45, 7) is 4.65. The van der Waals surface area contributed by atoms with E-state index in [2.05, 4.69) is 42.6 Å². The Hall–Kier alpha value is -2.29. The van der Waals surface area contributed by atoms with Crippen molar-refractivity contribution in [3.05, 3.63) is 35.9 Å². The lowest BCUT2D eigenvalue weighted by molar-refractivity contribution is 0.190. The molecule has 1 unspecified atom stereocenters. The highest BCUT2D eigenvalue weighted by Gasteiger charge is 2.25. The molecule has 1 aromatic carbocycles. The molecule has 3 heterocycles. The molecular formula is C16H20ClN7O. The van der Waals surface area contributed by atoms with Crippen LogP contribution >= 0.6 is 12.4 Å². The van der Waals surface area contributed by atoms with E-state index in [0.717, 1.165) is 36.6 Å². The Morgan fingerprint density at radius 1 is 1.24 bits per heavy atom. The number of aromatic amines is 1. The Labute approximate surface area is 151 Å². The van der Waals surface area contributed by atoms with Gasteiger partial charge in [-0.05, 0) is 26.1 Å². The minimum atomic E-state index is 0. The highest BCUT2D eigenvalue weighted by molar-refractivity contribution is 5.85. The van der Waals surface area contributed by atoms with E-state index in [4.69, 9.17) is 4.52 Å². The number of nitrogens with zero attached hydrogens (tertiary/aromatic N) is 5. The molecule has 0 bridgehead atoms. The van der Waals surface area contributed by atoms with Crippen LogP contribution < -0.4 is 5.32 Å². The molecule has 1 aliphatic rings. The van der Waals surface area contributed by atoms with Gasteiger partial charge in [0.1, 0.15) is 5.82 Å². The number of aromatic nitrogens is 5. The van der Waals surface area contributed by atoms with Gasteiger partial charge in [0.25, 0.3) is 5.89 Å². The summed E-state index contributed by atoms with van der Waals surface area (Å²) < 4.78 is 5.48. The molecule has 0 aliphatic carbocycles. The first-order chi connectivity index (χ1) is 11.7. The zero-order valence-electron chi connectivity index (χ0n) is 14.1. The predicted molar refractivity (Wildman–Crippen MR) is 95.3 cm³/mol. The van der Waals surface area contributed by atoms with Crippen molar-refractivity contribution in [3.8, 4) is 22.8 Å². The van der Waals surface area contributed by atoms with Crippen molar-refractivity contribution in [1.82, 2.24) is 35.5 Å². The SMILES string of the molecule is Cc1nc(-c2cccc(-c3nc(C4CNCCN4C)no3)c2)n[nH]1.Cl. The zero-order chi connectivity index (χ0) is 16.5. The van der Waals surface area contributed by atoms with Crippen LogP contribution in [0.15, 0.2) is 28.8 Å². The van der Waals surface area contributed by atoms with Crippen LogP contribution in [-0.2, 0) is 0 Å². The van der Waals surface area contributed by atoms with Crippen LogP contribution in [-0.4, -0.2) is 56.9 Å². The van der Waals surface area contributed by atoms with Crippen LogP contribution in [0.3, 0.4) is 0 Å². The van der Waals surface area contributed by atoms with Gasteiger partial charge in [-0.25, -0.2) is 4.98 Å². The number of likely N-dealkylation sites (N-methyl/N-ethyl adjacent to an activating group) is 1. The largest absolute Gasteiger partial charge is 0.334 e. The van der Waals surface area contributed by atoms with Crippen molar-refractivity contribution in [2.24, 2.45) is 0 Å². The van der Waals surface area contributed by atoms with Crippen LogP contribution in [0.1, 0.15) is 17.7 Å². The minimum absolute atomic E-state index is 0. The molecule has 0 amide bonds. The number of aryl methyl sites for hydroxylation is 1. The second-order valence-corrected chi connectivity index (χ2v) is 5.98. The zero-order valence-corrected chi connectivity index (χ0v) is 14.9. The van der Waals surface area contributed by atoms with Gasteiger partial charge in [-0.15, -0.1) is 12.4 Å². The third-order valence-electron chi connectivity index (χ3n) is 4.22. The average molecular weight is 362 g/mol. The Morgan fingerprint density at radius 3 is 2.84 bits per heavy atom. The van der Waals surface area contributed by atoms with E-state index in [0.29, 0.717) is 17.5 Å². The van der Waals surface area contributed by atoms with Crippen LogP contribution in [0.4, 0.5) is 0 Å². The fourth-order valence-corrected chi connectivity index (χ4v) is 2.84. The van der Waals surface area contributed by atoms with E-state index in [-0.39, 0.29) is 18.4 Å². The second kappa shape index (κ2) is 7.30. The highest BCUT2D eigenvalue weighted by atomic mass is 35.5. The van der Waals surface area contributed by atoms with Crippen molar-refractivity contribution in [2.45, 2.75) is 13.0 Å². The maximum atomic E-state index is 5.48. The Bertz CT molecular complexity index is 846. The lowest BCUT2D eigenvalue weighted by Gasteiger charge is -2.30. The van der Waals surface area contributed by atoms with Crippen LogP contribution in [0.25, 0.3) is 22.8 Å². The molecule has 8 nitrogen and oxygen atoms in total. The molecule has 2 N–H and O–H groups in total. The summed E-state index contributed by atoms with van der Waals surface area (Å²) in [5.74, 6) is 2.66. The third kappa shape index (κ3) is 3.55. The van der Waals surface area contributed by atoms with E-state index >= 15 is 0 Å². The predicted octanol–water partition coefficient (Wildman–Crippen LogP) is 1.83. The molecular weight excluding hydrogens is 342 g/mol. The normalized spacial score (nSPS) is 18.1. The number of H-pyrrole nitrogens is 1. The number of nitrogens with one attached hydrogen (secondary N) is 2. The molecule has 25 heavy (non-hydrogen) atoms. The molecule has 1 atom stereocenters. The van der Waals surface area contributed by atoms with Gasteiger partial charge < -0.3 is 9.84 Å². The second-order valence-electron chi connectivity index (χ2n) is 5.98. The fourth-order valence-electron chi connectivity index (χ4n) is 2.84. The fraction of sp³-hybridized carbons (Fsp3) is 0.375. The standard InChI is InChI=1S/C16H19N7O.ClH/c1-10-18-14(21-20-10)11-4-3-5-12(8-11)16-19-15(22-24-16)13-9-17-6-7-23(13)2;/h3-5,8,13,17H,6-7,9H2,1-2H3,(H,18,20,21);1H. The third-order valence-corrected chi connectivity index (χ3v) is 4.22. The summed E-state index contributed by atoms with van der Waals surface area (Å²) in [7, 11) is 2.08. The Kier molecular flexibility index (Phi) is 5.12. The summed E-state index contributed by atoms with van der Waals surface area (Å²) in [4.78, 5) is 11.2. The molecule has 4 rings (SSSR count). The van der Waals surface area contributed by atoms with E-state index in [9.17, 15) is 0 Å². The first-order valence-corrected chi connectivity index (χ1v) is 7.95. The Balaban J connectivity index is 0.00000182. The Morgan fingerprint density at radius 2 is 2.08 bits per heavy atom. The summed E-state index contributed by atoms with van der Waals surface area (Å²) in [5.41, 5.74) is 1.77. The van der Waals surface area contributed by atoms with E-state index in [1.807, 2.05) is 31.2 Å². The summed E-state index contributed by atoms with van der Waals surface area (Å²) >= 11 is 0. The molecule has 0 radical (unpaired) electrons. The number of hydrogen-bond acceptors (Lipinski definition) is 7. The maximum absolute atomic E-state index is 5.48. The van der Waals surface area contributed by atoms with Gasteiger partial charge in [-0.2, -0.15) is 10.1 Å². The molecule has 0 spiro atoms. The van der Waals surface area contributed by atoms with Gasteiger partial charge >= 0.3 is 0 Å². The quantitative estimate of drug-likeness (QED) is 0.734. The van der Waals surface area contributed by atoms with Crippen LogP contribution in [0, 0.1) is 6.92 Å². The van der Waals surface area contributed by atoms with E-state index < -0.39 is 0 Å². The average Bonchev–Trinajstić information content (AvgIpc) is 3.25. The summed E-state index contributed by atoms with van der Waals surface area (Å²) in [5, 5.41) is 14.6. The lowest BCUT2D eigenvalue weighted by Crippen LogP contribution is -2.44. The first kappa shape index (κ1) is 17.5. The van der Waals surface area contributed by atoms with Gasteiger partial charge in [0, 0.05) is 30.8 Å². The number of rotatable bonds is 3. The number of piperazine rings is 1. The van der Waals surface area contributed by atoms with Crippen molar-refractivity contribution in [2.75, 3.05) is 26.7 Å². The van der Waals surface area contributed by atoms with Gasteiger partial charge in [0.15, 0.2) is 11.6 Å². The van der Waals surface area contributed by atoms with Crippen LogP contribution in [0.2, 0.25) is 0 Å². The first-order valence-electron chi connectivity index (χ1n) is 7.95. The highest BCUT2D eigenvalue weighted by Crippen LogP contribution is 2.25. The summed E-state index contributed by atoms with van der Waals surface area (Å²) in [6, 6.07) is 7.94. The monoisotopic (exact) mass is 361 g/mol. The minimum Gasteiger partial charge on any atom is -0.334 e. The maximum Gasteiger partial charge on any atom is 0.258 e. The van der Waals surface area contributed by atoms with Gasteiger partial charge in [0.05, 0.1) is 6.04 Å². The molecule has 3 aromatic rings.